The zero-order chi connectivity index (χ0) is 22.1. The van der Waals surface area contributed by atoms with E-state index in [-0.39, 0.29) is 23.7 Å². The first-order valence-corrected chi connectivity index (χ1v) is 10.6. The van der Waals surface area contributed by atoms with Crippen molar-refractivity contribution in [1.82, 2.24) is 19.1 Å². The molecular formula is C22H21N5O3S. The fourth-order valence-electron chi connectivity index (χ4n) is 3.34. The van der Waals surface area contributed by atoms with Gasteiger partial charge in [0, 0.05) is 7.05 Å². The average Bonchev–Trinajstić information content (AvgIpc) is 3.16. The molecule has 158 valence electrons. The third-order valence-electron chi connectivity index (χ3n) is 5.00. The summed E-state index contributed by atoms with van der Waals surface area (Å²) in [5, 5.41) is 0.571. The molecule has 4 rings (SSSR count). The monoisotopic (exact) mass is 435 g/mol. The van der Waals surface area contributed by atoms with Crippen molar-refractivity contribution >= 4 is 34.4 Å². The quantitative estimate of drug-likeness (QED) is 0.355. The van der Waals surface area contributed by atoms with Crippen LogP contribution in [0.1, 0.15) is 21.5 Å². The van der Waals surface area contributed by atoms with Crippen LogP contribution < -0.4 is 17.0 Å². The summed E-state index contributed by atoms with van der Waals surface area (Å²) in [4.78, 5) is 45.8. The number of imidazole rings is 1. The standard InChI is InChI=1S/C22H21N5O3S/c1-13-8-9-15-16(10-13)25-21(24-15)31-12-17(28)18-19(23)27(22(30)26(2)20(18)29)11-14-6-4-3-5-7-14/h3-10H,11-12,23H2,1-2H3,(H,24,25). The lowest BCUT2D eigenvalue weighted by Crippen LogP contribution is -2.43. The predicted molar refractivity (Wildman–Crippen MR) is 122 cm³/mol. The Bertz CT molecular complexity index is 1400. The van der Waals surface area contributed by atoms with Crippen molar-refractivity contribution in [3.8, 4) is 0 Å². The summed E-state index contributed by atoms with van der Waals surface area (Å²) in [7, 11) is 1.34. The fourth-order valence-corrected chi connectivity index (χ4v) is 4.10. The summed E-state index contributed by atoms with van der Waals surface area (Å²) in [6.45, 7) is 2.15. The smallest absolute Gasteiger partial charge is 0.332 e. The second kappa shape index (κ2) is 8.27. The number of thioether (sulfide) groups is 1. The summed E-state index contributed by atoms with van der Waals surface area (Å²) in [5.41, 5.74) is 8.31. The average molecular weight is 436 g/mol. The van der Waals surface area contributed by atoms with Crippen LogP contribution in [0.2, 0.25) is 0 Å². The maximum atomic E-state index is 12.9. The van der Waals surface area contributed by atoms with Gasteiger partial charge in [0.1, 0.15) is 11.4 Å². The highest BCUT2D eigenvalue weighted by Crippen LogP contribution is 2.21. The molecule has 0 amide bonds. The Labute approximate surface area is 181 Å². The lowest BCUT2D eigenvalue weighted by Gasteiger charge is -2.14. The number of aromatic amines is 1. The second-order valence-electron chi connectivity index (χ2n) is 7.25. The minimum absolute atomic E-state index is 0.0399. The van der Waals surface area contributed by atoms with Gasteiger partial charge in [-0.2, -0.15) is 0 Å². The maximum Gasteiger partial charge on any atom is 0.332 e. The second-order valence-corrected chi connectivity index (χ2v) is 8.22. The molecule has 0 aliphatic rings. The molecule has 0 radical (unpaired) electrons. The topological polar surface area (TPSA) is 116 Å². The largest absolute Gasteiger partial charge is 0.384 e. The zero-order valence-electron chi connectivity index (χ0n) is 17.1. The third kappa shape index (κ3) is 4.04. The van der Waals surface area contributed by atoms with Crippen LogP contribution in [-0.2, 0) is 13.6 Å². The zero-order valence-corrected chi connectivity index (χ0v) is 17.9. The molecule has 0 fully saturated rings. The van der Waals surface area contributed by atoms with E-state index in [0.717, 1.165) is 26.7 Å². The van der Waals surface area contributed by atoms with Gasteiger partial charge in [-0.15, -0.1) is 0 Å². The van der Waals surface area contributed by atoms with Gasteiger partial charge < -0.3 is 10.7 Å². The van der Waals surface area contributed by atoms with Gasteiger partial charge in [0.2, 0.25) is 0 Å². The van der Waals surface area contributed by atoms with Gasteiger partial charge in [-0.25, -0.2) is 9.78 Å². The number of benzene rings is 2. The Hall–Kier alpha value is -3.59. The van der Waals surface area contributed by atoms with E-state index in [2.05, 4.69) is 9.97 Å². The number of rotatable bonds is 6. The van der Waals surface area contributed by atoms with Gasteiger partial charge in [0.25, 0.3) is 5.56 Å². The summed E-state index contributed by atoms with van der Waals surface area (Å²) in [6, 6.07) is 15.1. The first-order valence-electron chi connectivity index (χ1n) is 9.60. The lowest BCUT2D eigenvalue weighted by molar-refractivity contribution is 0.102. The number of Topliss-reactive ketones (excluding diaryl/α,β-unsaturated/α-hetero) is 1. The molecule has 0 saturated heterocycles. The van der Waals surface area contributed by atoms with Crippen LogP contribution in [0, 0.1) is 6.92 Å². The van der Waals surface area contributed by atoms with Crippen molar-refractivity contribution in [3.63, 3.8) is 0 Å². The van der Waals surface area contributed by atoms with Crippen molar-refractivity contribution in [2.24, 2.45) is 7.05 Å². The molecule has 0 aliphatic heterocycles. The van der Waals surface area contributed by atoms with E-state index in [1.165, 1.54) is 23.4 Å². The van der Waals surface area contributed by atoms with Crippen LogP contribution in [0.25, 0.3) is 11.0 Å². The Kier molecular flexibility index (Phi) is 5.51. The molecule has 0 spiro atoms. The maximum absolute atomic E-state index is 12.9. The molecule has 0 aliphatic carbocycles. The lowest BCUT2D eigenvalue weighted by atomic mass is 10.2. The molecule has 3 N–H and O–H groups in total. The Morgan fingerprint density at radius 3 is 2.65 bits per heavy atom. The van der Waals surface area contributed by atoms with E-state index in [0.29, 0.717) is 5.16 Å². The minimum Gasteiger partial charge on any atom is -0.384 e. The van der Waals surface area contributed by atoms with Crippen molar-refractivity contribution < 1.29 is 4.79 Å². The van der Waals surface area contributed by atoms with Crippen molar-refractivity contribution in [2.45, 2.75) is 18.6 Å². The summed E-state index contributed by atoms with van der Waals surface area (Å²) < 4.78 is 2.17. The van der Waals surface area contributed by atoms with Crippen molar-refractivity contribution in [1.29, 1.82) is 0 Å². The minimum atomic E-state index is -0.697. The first-order chi connectivity index (χ1) is 14.8. The fraction of sp³-hybridized carbons (Fsp3) is 0.182. The van der Waals surface area contributed by atoms with E-state index < -0.39 is 17.0 Å². The van der Waals surface area contributed by atoms with E-state index in [1.54, 1.807) is 0 Å². The predicted octanol–water partition coefficient (Wildman–Crippen LogP) is 2.34. The molecule has 0 saturated carbocycles. The molecule has 0 bridgehead atoms. The summed E-state index contributed by atoms with van der Waals surface area (Å²) in [6.07, 6.45) is 0. The number of nitrogens with zero attached hydrogens (tertiary/aromatic N) is 3. The van der Waals surface area contributed by atoms with Gasteiger partial charge in [0.05, 0.1) is 23.3 Å². The number of nitrogen functional groups attached to an aromatic ring is 1. The van der Waals surface area contributed by atoms with Gasteiger partial charge in [-0.1, -0.05) is 48.2 Å². The third-order valence-corrected chi connectivity index (χ3v) is 5.87. The van der Waals surface area contributed by atoms with Gasteiger partial charge in [-0.05, 0) is 30.2 Å². The number of aromatic nitrogens is 4. The van der Waals surface area contributed by atoms with E-state index >= 15 is 0 Å². The highest BCUT2D eigenvalue weighted by atomic mass is 32.2. The van der Waals surface area contributed by atoms with Crippen molar-refractivity contribution in [3.05, 3.63) is 86.1 Å². The number of nitrogens with two attached hydrogens (primary N) is 1. The number of carbonyl (C=O) groups is 1. The number of nitrogens with one attached hydrogen (secondary N) is 1. The summed E-state index contributed by atoms with van der Waals surface area (Å²) in [5.74, 6) is -0.619. The SMILES string of the molecule is Cc1ccc2nc(SCC(=O)c3c(N)n(Cc4ccccc4)c(=O)n(C)c3=O)[nH]c2c1. The van der Waals surface area contributed by atoms with E-state index in [4.69, 9.17) is 5.73 Å². The molecule has 4 aromatic rings. The number of anilines is 1. The van der Waals surface area contributed by atoms with Crippen LogP contribution in [0.15, 0.2) is 63.3 Å². The number of fused-ring (bicyclic) bond motifs is 1. The molecule has 31 heavy (non-hydrogen) atoms. The van der Waals surface area contributed by atoms with Gasteiger partial charge in [0.15, 0.2) is 10.9 Å². The molecule has 0 atom stereocenters. The van der Waals surface area contributed by atoms with Crippen LogP contribution in [0.3, 0.4) is 0 Å². The number of H-pyrrole nitrogens is 1. The Morgan fingerprint density at radius 1 is 1.16 bits per heavy atom. The molecule has 2 aromatic heterocycles. The van der Waals surface area contributed by atoms with E-state index in [1.807, 2.05) is 55.5 Å². The number of hydrogen-bond acceptors (Lipinski definition) is 6. The van der Waals surface area contributed by atoms with Crippen LogP contribution >= 0.6 is 11.8 Å². The van der Waals surface area contributed by atoms with Gasteiger partial charge in [-0.3, -0.25) is 18.7 Å². The number of carbonyl (C=O) groups excluding carboxylic acids is 1. The number of aryl methyl sites for hydroxylation is 1. The first kappa shape index (κ1) is 20.7. The van der Waals surface area contributed by atoms with E-state index in [9.17, 15) is 14.4 Å². The molecule has 8 nitrogen and oxygen atoms in total. The molecule has 9 heteroatoms. The normalized spacial score (nSPS) is 11.2. The molecule has 0 unspecified atom stereocenters. The molecule has 2 heterocycles. The van der Waals surface area contributed by atoms with Gasteiger partial charge >= 0.3 is 5.69 Å². The highest BCUT2D eigenvalue weighted by Gasteiger charge is 2.22. The number of hydrogen-bond donors (Lipinski definition) is 2. The van der Waals surface area contributed by atoms with Crippen LogP contribution in [-0.4, -0.2) is 30.6 Å². The molecular weight excluding hydrogens is 414 g/mol. The van der Waals surface area contributed by atoms with Crippen LogP contribution in [0.4, 0.5) is 5.82 Å². The van der Waals surface area contributed by atoms with Crippen molar-refractivity contribution in [2.75, 3.05) is 11.5 Å². The molecule has 2 aromatic carbocycles. The van der Waals surface area contributed by atoms with Crippen LogP contribution in [0.5, 0.6) is 0 Å². The summed E-state index contributed by atoms with van der Waals surface area (Å²) >= 11 is 1.18. The number of ketones is 1. The highest BCUT2D eigenvalue weighted by molar-refractivity contribution is 7.99. The Morgan fingerprint density at radius 2 is 1.90 bits per heavy atom. The Balaban J connectivity index is 1.63.